The minimum absolute atomic E-state index is 0.460. The van der Waals surface area contributed by atoms with Crippen molar-refractivity contribution < 1.29 is 4.52 Å². The largest absolute Gasteiger partial charge is 0.339 e. The lowest BCUT2D eigenvalue weighted by Crippen LogP contribution is -2.21. The molecule has 1 unspecified atom stereocenters. The summed E-state index contributed by atoms with van der Waals surface area (Å²) in [6.07, 6.45) is 2.46. The van der Waals surface area contributed by atoms with Crippen molar-refractivity contribution in [1.29, 1.82) is 0 Å². The van der Waals surface area contributed by atoms with Crippen LogP contribution < -0.4 is 5.32 Å². The van der Waals surface area contributed by atoms with E-state index in [1.54, 1.807) is 11.3 Å². The average molecular weight is 266 g/mol. The van der Waals surface area contributed by atoms with Crippen molar-refractivity contribution in [2.24, 2.45) is 0 Å². The molecular weight excluding hydrogens is 248 g/mol. The van der Waals surface area contributed by atoms with Gasteiger partial charge in [0.25, 0.3) is 0 Å². The van der Waals surface area contributed by atoms with Crippen molar-refractivity contribution >= 4 is 11.3 Å². The van der Waals surface area contributed by atoms with Crippen molar-refractivity contribution in [1.82, 2.24) is 20.4 Å². The SMILES string of the molecule is CNC(C)CCc1nc(Cc2nc(C)cs2)no1. The first-order valence-electron chi connectivity index (χ1n) is 6.07. The summed E-state index contributed by atoms with van der Waals surface area (Å²) in [4.78, 5) is 8.77. The smallest absolute Gasteiger partial charge is 0.226 e. The molecule has 0 aromatic carbocycles. The normalized spacial score (nSPS) is 12.8. The Morgan fingerprint density at radius 2 is 2.28 bits per heavy atom. The molecule has 2 rings (SSSR count). The Labute approximate surface area is 111 Å². The monoisotopic (exact) mass is 266 g/mol. The molecule has 6 heteroatoms. The number of thiazole rings is 1. The fraction of sp³-hybridized carbons (Fsp3) is 0.583. The first-order valence-corrected chi connectivity index (χ1v) is 6.95. The lowest BCUT2D eigenvalue weighted by atomic mass is 10.2. The zero-order valence-corrected chi connectivity index (χ0v) is 11.8. The molecule has 0 aliphatic rings. The van der Waals surface area contributed by atoms with E-state index in [1.807, 2.05) is 19.4 Å². The van der Waals surface area contributed by atoms with Crippen LogP contribution in [0.3, 0.4) is 0 Å². The van der Waals surface area contributed by atoms with E-state index in [-0.39, 0.29) is 0 Å². The van der Waals surface area contributed by atoms with Crippen molar-refractivity contribution in [2.45, 2.75) is 39.2 Å². The van der Waals surface area contributed by atoms with E-state index in [0.717, 1.165) is 29.4 Å². The first kappa shape index (κ1) is 13.2. The van der Waals surface area contributed by atoms with Gasteiger partial charge >= 0.3 is 0 Å². The highest BCUT2D eigenvalue weighted by molar-refractivity contribution is 7.09. The van der Waals surface area contributed by atoms with Crippen LogP contribution in [0.25, 0.3) is 0 Å². The van der Waals surface area contributed by atoms with Crippen molar-refractivity contribution in [2.75, 3.05) is 7.05 Å². The number of rotatable bonds is 6. The molecule has 0 radical (unpaired) electrons. The Kier molecular flexibility index (Phi) is 4.43. The van der Waals surface area contributed by atoms with E-state index < -0.39 is 0 Å². The van der Waals surface area contributed by atoms with Crippen LogP contribution in [0, 0.1) is 6.92 Å². The lowest BCUT2D eigenvalue weighted by Gasteiger charge is -2.06. The summed E-state index contributed by atoms with van der Waals surface area (Å²) in [5.41, 5.74) is 1.04. The summed E-state index contributed by atoms with van der Waals surface area (Å²) in [7, 11) is 1.95. The lowest BCUT2D eigenvalue weighted by molar-refractivity contribution is 0.365. The molecule has 0 spiro atoms. The van der Waals surface area contributed by atoms with Crippen molar-refractivity contribution in [3.8, 4) is 0 Å². The summed E-state index contributed by atoms with van der Waals surface area (Å²) in [6.45, 7) is 4.12. The first-order chi connectivity index (χ1) is 8.67. The van der Waals surface area contributed by atoms with Gasteiger partial charge in [-0.1, -0.05) is 5.16 Å². The maximum absolute atomic E-state index is 5.23. The van der Waals surface area contributed by atoms with Crippen LogP contribution in [0.4, 0.5) is 0 Å². The molecule has 18 heavy (non-hydrogen) atoms. The molecule has 2 aromatic heterocycles. The van der Waals surface area contributed by atoms with Gasteiger partial charge in [0.2, 0.25) is 5.89 Å². The average Bonchev–Trinajstić information content (AvgIpc) is 2.96. The van der Waals surface area contributed by atoms with Gasteiger partial charge in [-0.3, -0.25) is 0 Å². The van der Waals surface area contributed by atoms with Gasteiger partial charge in [-0.15, -0.1) is 11.3 Å². The molecule has 0 fully saturated rings. The van der Waals surface area contributed by atoms with E-state index in [2.05, 4.69) is 27.4 Å². The number of hydrogen-bond acceptors (Lipinski definition) is 6. The van der Waals surface area contributed by atoms with Crippen LogP contribution in [-0.2, 0) is 12.8 Å². The third-order valence-electron chi connectivity index (χ3n) is 2.77. The van der Waals surface area contributed by atoms with Gasteiger partial charge in [0, 0.05) is 23.5 Å². The molecule has 0 aliphatic carbocycles. The van der Waals surface area contributed by atoms with E-state index >= 15 is 0 Å². The molecule has 0 saturated carbocycles. The zero-order valence-electron chi connectivity index (χ0n) is 10.9. The Bertz CT molecular complexity index is 494. The highest BCUT2D eigenvalue weighted by atomic mass is 32.1. The zero-order chi connectivity index (χ0) is 13.0. The highest BCUT2D eigenvalue weighted by Gasteiger charge is 2.10. The van der Waals surface area contributed by atoms with Crippen LogP contribution >= 0.6 is 11.3 Å². The van der Waals surface area contributed by atoms with Crippen LogP contribution in [0.2, 0.25) is 0 Å². The van der Waals surface area contributed by atoms with Gasteiger partial charge in [-0.25, -0.2) is 4.98 Å². The summed E-state index contributed by atoms with van der Waals surface area (Å²) in [5, 5.41) is 10.2. The molecule has 0 saturated heterocycles. The number of aromatic nitrogens is 3. The van der Waals surface area contributed by atoms with Crippen LogP contribution in [-0.4, -0.2) is 28.2 Å². The molecule has 1 atom stereocenters. The molecule has 0 aliphatic heterocycles. The summed E-state index contributed by atoms with van der Waals surface area (Å²) in [6, 6.07) is 0.460. The second kappa shape index (κ2) is 6.06. The molecule has 2 heterocycles. The minimum atomic E-state index is 0.460. The second-order valence-electron chi connectivity index (χ2n) is 4.39. The Morgan fingerprint density at radius 1 is 1.44 bits per heavy atom. The van der Waals surface area contributed by atoms with Gasteiger partial charge in [-0.05, 0) is 27.3 Å². The van der Waals surface area contributed by atoms with Gasteiger partial charge < -0.3 is 9.84 Å². The highest BCUT2D eigenvalue weighted by Crippen LogP contribution is 2.13. The number of aryl methyl sites for hydroxylation is 2. The van der Waals surface area contributed by atoms with Crippen LogP contribution in [0.1, 0.15) is 35.8 Å². The molecule has 0 amide bonds. The van der Waals surface area contributed by atoms with Crippen LogP contribution in [0.5, 0.6) is 0 Å². The third-order valence-corrected chi connectivity index (χ3v) is 3.74. The maximum atomic E-state index is 5.23. The van der Waals surface area contributed by atoms with Gasteiger partial charge in [0.15, 0.2) is 5.82 Å². The number of nitrogens with zero attached hydrogens (tertiary/aromatic N) is 3. The topological polar surface area (TPSA) is 63.8 Å². The van der Waals surface area contributed by atoms with Crippen LogP contribution in [0.15, 0.2) is 9.90 Å². The predicted molar refractivity (Wildman–Crippen MR) is 70.8 cm³/mol. The fourth-order valence-corrected chi connectivity index (χ4v) is 2.34. The summed E-state index contributed by atoms with van der Waals surface area (Å²) in [5.74, 6) is 1.43. The summed E-state index contributed by atoms with van der Waals surface area (Å²) < 4.78 is 5.23. The molecule has 5 nitrogen and oxygen atoms in total. The molecule has 1 N–H and O–H groups in total. The predicted octanol–water partition coefficient (Wildman–Crippen LogP) is 1.97. The van der Waals surface area contributed by atoms with Gasteiger partial charge in [0.1, 0.15) is 5.01 Å². The van der Waals surface area contributed by atoms with Gasteiger partial charge in [0.05, 0.1) is 6.42 Å². The Hall–Kier alpha value is -1.27. The molecule has 98 valence electrons. The van der Waals surface area contributed by atoms with E-state index in [0.29, 0.717) is 18.4 Å². The van der Waals surface area contributed by atoms with E-state index in [4.69, 9.17) is 4.52 Å². The fourth-order valence-electron chi connectivity index (χ4n) is 1.57. The summed E-state index contributed by atoms with van der Waals surface area (Å²) >= 11 is 1.63. The Morgan fingerprint density at radius 3 is 2.94 bits per heavy atom. The molecular formula is C12H18N4OS. The number of nitrogens with one attached hydrogen (secondary N) is 1. The third kappa shape index (κ3) is 3.61. The quantitative estimate of drug-likeness (QED) is 0.866. The van der Waals surface area contributed by atoms with E-state index in [9.17, 15) is 0 Å². The Balaban J connectivity index is 1.90. The number of hydrogen-bond donors (Lipinski definition) is 1. The maximum Gasteiger partial charge on any atom is 0.226 e. The second-order valence-corrected chi connectivity index (χ2v) is 5.33. The van der Waals surface area contributed by atoms with E-state index in [1.165, 1.54) is 0 Å². The standard InChI is InChI=1S/C12H18N4OS/c1-8(13-3)4-5-11-15-10(16-17-11)6-12-14-9(2)7-18-12/h7-8,13H,4-6H2,1-3H3. The van der Waals surface area contributed by atoms with Crippen molar-refractivity contribution in [3.05, 3.63) is 27.8 Å². The van der Waals surface area contributed by atoms with Crippen molar-refractivity contribution in [3.63, 3.8) is 0 Å². The minimum Gasteiger partial charge on any atom is -0.339 e. The molecule has 0 bridgehead atoms. The van der Waals surface area contributed by atoms with Gasteiger partial charge in [-0.2, -0.15) is 4.98 Å². The molecule has 2 aromatic rings.